The van der Waals surface area contributed by atoms with E-state index < -0.39 is 10.8 Å². The van der Waals surface area contributed by atoms with Crippen LogP contribution in [-0.2, 0) is 22.6 Å². The van der Waals surface area contributed by atoms with E-state index in [1.165, 1.54) is 0 Å². The van der Waals surface area contributed by atoms with E-state index in [9.17, 15) is 9.59 Å². The highest BCUT2D eigenvalue weighted by Gasteiger charge is 2.51. The van der Waals surface area contributed by atoms with Gasteiger partial charge in [-0.3, -0.25) is 4.79 Å². The van der Waals surface area contributed by atoms with Crippen LogP contribution in [0.2, 0.25) is 0 Å². The van der Waals surface area contributed by atoms with Gasteiger partial charge in [0.15, 0.2) is 5.78 Å². The van der Waals surface area contributed by atoms with Crippen molar-refractivity contribution in [3.05, 3.63) is 71.3 Å². The Hall–Kier alpha value is -2.13. The third-order valence-electron chi connectivity index (χ3n) is 3.59. The Morgan fingerprint density at radius 1 is 1.10 bits per heavy atom. The maximum atomic E-state index is 12.3. The van der Waals surface area contributed by atoms with Crippen LogP contribution in [-0.4, -0.2) is 16.6 Å². The van der Waals surface area contributed by atoms with E-state index in [-0.39, 0.29) is 18.8 Å². The minimum atomic E-state index is -1.63. The molecule has 1 atom stereocenters. The molecule has 3 nitrogen and oxygen atoms in total. The molecule has 0 saturated heterocycles. The van der Waals surface area contributed by atoms with Crippen LogP contribution >= 0.6 is 11.6 Å². The van der Waals surface area contributed by atoms with Crippen molar-refractivity contribution in [2.75, 3.05) is 0 Å². The van der Waals surface area contributed by atoms with Crippen molar-refractivity contribution in [1.29, 1.82) is 0 Å². The smallest absolute Gasteiger partial charge is 0.336 e. The zero-order valence-electron chi connectivity index (χ0n) is 11.2. The number of alkyl halides is 1. The van der Waals surface area contributed by atoms with Gasteiger partial charge in [-0.25, -0.2) is 4.79 Å². The molecule has 4 heteroatoms. The summed E-state index contributed by atoms with van der Waals surface area (Å²) in [5.74, 6) is -1.06. The number of fused-ring (bicyclic) bond motifs is 1. The van der Waals surface area contributed by atoms with E-state index in [0.29, 0.717) is 5.56 Å². The molecular weight excluding hydrogens is 288 g/mol. The molecule has 0 N–H and O–H groups in total. The molecule has 0 aliphatic heterocycles. The van der Waals surface area contributed by atoms with Crippen LogP contribution in [0.15, 0.2) is 54.6 Å². The molecule has 0 bridgehead atoms. The van der Waals surface area contributed by atoms with Gasteiger partial charge >= 0.3 is 5.97 Å². The molecule has 1 unspecified atom stereocenters. The minimum Gasteiger partial charge on any atom is -0.459 e. The summed E-state index contributed by atoms with van der Waals surface area (Å²) in [6, 6.07) is 16.4. The average molecular weight is 301 g/mol. The first-order valence-corrected chi connectivity index (χ1v) is 7.02. The van der Waals surface area contributed by atoms with Crippen molar-refractivity contribution < 1.29 is 14.3 Å². The SMILES string of the molecule is O=C(OCc1ccccc1)C1(Cl)Cc2ccccc2C1=O. The lowest BCUT2D eigenvalue weighted by Crippen LogP contribution is -2.40. The summed E-state index contributed by atoms with van der Waals surface area (Å²) in [4.78, 5) is 23.0. The van der Waals surface area contributed by atoms with Gasteiger partial charge in [0.2, 0.25) is 4.87 Å². The van der Waals surface area contributed by atoms with Crippen LogP contribution in [0.25, 0.3) is 0 Å². The molecule has 0 heterocycles. The van der Waals surface area contributed by atoms with Crippen molar-refractivity contribution in [3.63, 3.8) is 0 Å². The van der Waals surface area contributed by atoms with Gasteiger partial charge in [0, 0.05) is 12.0 Å². The molecule has 0 aromatic heterocycles. The average Bonchev–Trinajstić information content (AvgIpc) is 2.79. The Morgan fingerprint density at radius 2 is 1.76 bits per heavy atom. The summed E-state index contributed by atoms with van der Waals surface area (Å²) < 4.78 is 5.22. The molecule has 1 aliphatic carbocycles. The molecule has 2 aromatic carbocycles. The number of benzene rings is 2. The number of carbonyl (C=O) groups excluding carboxylic acids is 2. The van der Waals surface area contributed by atoms with Gasteiger partial charge in [-0.15, -0.1) is 0 Å². The first-order chi connectivity index (χ1) is 10.1. The normalized spacial score (nSPS) is 20.1. The number of hydrogen-bond acceptors (Lipinski definition) is 3. The third kappa shape index (κ3) is 2.45. The van der Waals surface area contributed by atoms with Crippen LogP contribution in [0, 0.1) is 0 Å². The molecule has 0 fully saturated rings. The van der Waals surface area contributed by atoms with Gasteiger partial charge in [0.1, 0.15) is 6.61 Å². The lowest BCUT2D eigenvalue weighted by Gasteiger charge is -2.17. The predicted molar refractivity (Wildman–Crippen MR) is 79.3 cm³/mol. The first kappa shape index (κ1) is 13.8. The van der Waals surface area contributed by atoms with Gasteiger partial charge < -0.3 is 4.74 Å². The van der Waals surface area contributed by atoms with E-state index in [1.807, 2.05) is 42.5 Å². The van der Waals surface area contributed by atoms with Gasteiger partial charge in [-0.1, -0.05) is 66.2 Å². The molecule has 21 heavy (non-hydrogen) atoms. The minimum absolute atomic E-state index is 0.109. The van der Waals surface area contributed by atoms with Gasteiger partial charge in [0.25, 0.3) is 0 Å². The highest BCUT2D eigenvalue weighted by Crippen LogP contribution is 2.36. The quantitative estimate of drug-likeness (QED) is 0.497. The van der Waals surface area contributed by atoms with Crippen molar-refractivity contribution in [2.45, 2.75) is 17.9 Å². The van der Waals surface area contributed by atoms with E-state index >= 15 is 0 Å². The maximum Gasteiger partial charge on any atom is 0.336 e. The Balaban J connectivity index is 1.75. The summed E-state index contributed by atoms with van der Waals surface area (Å²) in [6.45, 7) is 0.109. The third-order valence-corrected chi connectivity index (χ3v) is 4.05. The molecule has 1 aliphatic rings. The fraction of sp³-hybridized carbons (Fsp3) is 0.176. The first-order valence-electron chi connectivity index (χ1n) is 6.64. The second kappa shape index (κ2) is 5.34. The molecule has 0 radical (unpaired) electrons. The Bertz CT molecular complexity index is 696. The van der Waals surface area contributed by atoms with Gasteiger partial charge in [-0.05, 0) is 11.1 Å². The second-order valence-electron chi connectivity index (χ2n) is 5.03. The van der Waals surface area contributed by atoms with Crippen molar-refractivity contribution in [2.24, 2.45) is 0 Å². The molecule has 2 aromatic rings. The number of halogens is 1. The Kier molecular flexibility index (Phi) is 3.52. The van der Waals surface area contributed by atoms with E-state index in [0.717, 1.165) is 11.1 Å². The zero-order chi connectivity index (χ0) is 14.9. The molecule has 0 saturated carbocycles. The number of hydrogen-bond donors (Lipinski definition) is 0. The Labute approximate surface area is 127 Å². The summed E-state index contributed by atoms with van der Waals surface area (Å²) in [6.07, 6.45) is 0.178. The fourth-order valence-corrected chi connectivity index (χ4v) is 2.75. The number of esters is 1. The van der Waals surface area contributed by atoms with Gasteiger partial charge in [-0.2, -0.15) is 0 Å². The van der Waals surface area contributed by atoms with Crippen molar-refractivity contribution >= 4 is 23.4 Å². The number of ether oxygens (including phenoxy) is 1. The summed E-state index contributed by atoms with van der Waals surface area (Å²) >= 11 is 6.28. The van der Waals surface area contributed by atoms with Crippen LogP contribution in [0.1, 0.15) is 21.5 Å². The van der Waals surface area contributed by atoms with Crippen LogP contribution in [0.5, 0.6) is 0 Å². The number of carbonyl (C=O) groups is 2. The van der Waals surface area contributed by atoms with Crippen LogP contribution in [0.3, 0.4) is 0 Å². The molecule has 0 amide bonds. The van der Waals surface area contributed by atoms with E-state index in [4.69, 9.17) is 16.3 Å². The van der Waals surface area contributed by atoms with Crippen LogP contribution < -0.4 is 0 Å². The van der Waals surface area contributed by atoms with Crippen LogP contribution in [0.4, 0.5) is 0 Å². The second-order valence-corrected chi connectivity index (χ2v) is 5.67. The highest BCUT2D eigenvalue weighted by molar-refractivity contribution is 6.49. The van der Waals surface area contributed by atoms with E-state index in [2.05, 4.69) is 0 Å². The Morgan fingerprint density at radius 3 is 2.48 bits per heavy atom. The summed E-state index contributed by atoms with van der Waals surface area (Å²) in [7, 11) is 0. The summed E-state index contributed by atoms with van der Waals surface area (Å²) in [5, 5.41) is 0. The van der Waals surface area contributed by atoms with Crippen molar-refractivity contribution in [1.82, 2.24) is 0 Å². The standard InChI is InChI=1S/C17H13ClO3/c18-17(10-13-8-4-5-9-14(13)15(17)19)16(20)21-11-12-6-2-1-3-7-12/h1-9H,10-11H2. The lowest BCUT2D eigenvalue weighted by molar-refractivity contribution is -0.146. The van der Waals surface area contributed by atoms with Crippen molar-refractivity contribution in [3.8, 4) is 0 Å². The largest absolute Gasteiger partial charge is 0.459 e. The number of ketones is 1. The van der Waals surface area contributed by atoms with Gasteiger partial charge in [0.05, 0.1) is 0 Å². The summed E-state index contributed by atoms with van der Waals surface area (Å²) in [5.41, 5.74) is 2.15. The fourth-order valence-electron chi connectivity index (χ4n) is 2.45. The maximum absolute atomic E-state index is 12.3. The predicted octanol–water partition coefficient (Wildman–Crippen LogP) is 3.15. The van der Waals surface area contributed by atoms with E-state index in [1.54, 1.807) is 12.1 Å². The molecular formula is C17H13ClO3. The molecule has 0 spiro atoms. The monoisotopic (exact) mass is 300 g/mol. The lowest BCUT2D eigenvalue weighted by atomic mass is 10.0. The molecule has 3 rings (SSSR count). The highest BCUT2D eigenvalue weighted by atomic mass is 35.5. The number of rotatable bonds is 3. The zero-order valence-corrected chi connectivity index (χ0v) is 12.0. The molecule has 106 valence electrons. The number of Topliss-reactive ketones (excluding diaryl/α,β-unsaturated/α-hetero) is 1. The topological polar surface area (TPSA) is 43.4 Å².